The smallest absolute Gasteiger partial charge is 0.160 e. The van der Waals surface area contributed by atoms with Crippen molar-refractivity contribution in [2.24, 2.45) is 5.11 Å². The fraction of sp³-hybridized carbons (Fsp3) is 0.250. The summed E-state index contributed by atoms with van der Waals surface area (Å²) in [6, 6.07) is 4.86. The minimum Gasteiger partial charge on any atom is -0.504 e. The van der Waals surface area contributed by atoms with E-state index >= 15 is 0 Å². The highest BCUT2D eigenvalue weighted by Gasteiger charge is 2.18. The third kappa shape index (κ3) is 7.65. The molecule has 0 aliphatic heterocycles. The van der Waals surface area contributed by atoms with Crippen LogP contribution in [0.5, 0.6) is 11.5 Å². The quantitative estimate of drug-likeness (QED) is 0.306. The second kappa shape index (κ2) is 11.3. The third-order valence-electron chi connectivity index (χ3n) is 2.67. The van der Waals surface area contributed by atoms with E-state index in [9.17, 15) is 5.11 Å². The second-order valence-electron chi connectivity index (χ2n) is 4.32. The largest absolute Gasteiger partial charge is 0.504 e. The molecule has 0 aliphatic carbocycles. The molecule has 0 aromatic heterocycles. The van der Waals surface area contributed by atoms with E-state index in [4.69, 9.17) is 49.0 Å². The number of phenols is 1. The van der Waals surface area contributed by atoms with Crippen LogP contribution in [0.1, 0.15) is 5.56 Å². The van der Waals surface area contributed by atoms with Gasteiger partial charge in [0.15, 0.2) is 11.5 Å². The minimum atomic E-state index is -0.574. The SMILES string of the molecule is COc1ccc(CN=[N+]=[N-])cc1O.[B][B]B(B([B])[B])B([B])[B]. The number of nitrogens with zero attached hydrogens (tertiary/aromatic N) is 3. The number of ether oxygens (including phenoxy) is 1. The number of hydrogen-bond donors (Lipinski definition) is 1. The first-order valence-electron chi connectivity index (χ1n) is 6.31. The molecule has 0 aliphatic rings. The number of phenolic OH excluding ortho intramolecular Hbond substituents is 1. The summed E-state index contributed by atoms with van der Waals surface area (Å²) in [7, 11) is 28.9. The molecule has 0 saturated heterocycles. The van der Waals surface area contributed by atoms with E-state index in [1.807, 2.05) is 0 Å². The molecular formula is C8H9B9N3O2. The molecule has 22 heavy (non-hydrogen) atoms. The van der Waals surface area contributed by atoms with E-state index < -0.39 is 12.8 Å². The van der Waals surface area contributed by atoms with Crippen LogP contribution in [0.3, 0.4) is 0 Å². The van der Waals surface area contributed by atoms with Gasteiger partial charge in [0.05, 0.1) is 13.7 Å². The summed E-state index contributed by atoms with van der Waals surface area (Å²) in [5.41, 5.74) is 8.82. The highest BCUT2D eigenvalue weighted by atomic mass is 16.5. The topological polar surface area (TPSA) is 78.2 Å². The first kappa shape index (κ1) is 20.7. The first-order chi connectivity index (χ1) is 10.4. The van der Waals surface area contributed by atoms with Gasteiger partial charge in [0, 0.05) is 69.8 Å². The third-order valence-corrected chi connectivity index (χ3v) is 2.67. The predicted octanol–water partition coefficient (Wildman–Crippen LogP) is -1.22. The fourth-order valence-corrected chi connectivity index (χ4v) is 1.46. The summed E-state index contributed by atoms with van der Waals surface area (Å²) in [5.74, 6) is 0.456. The molecule has 0 saturated carbocycles. The predicted molar refractivity (Wildman–Crippen MR) is 99.3 cm³/mol. The van der Waals surface area contributed by atoms with Gasteiger partial charge in [-0.3, -0.25) is 0 Å². The number of methoxy groups -OCH3 is 1. The summed E-state index contributed by atoms with van der Waals surface area (Å²) >= 11 is 0. The molecule has 1 rings (SSSR count). The lowest BCUT2D eigenvalue weighted by Gasteiger charge is -2.17. The summed E-state index contributed by atoms with van der Waals surface area (Å²) in [6.07, 6.45) is -1.46. The van der Waals surface area contributed by atoms with E-state index in [0.29, 0.717) is 5.75 Å². The van der Waals surface area contributed by atoms with E-state index in [2.05, 4.69) is 10.0 Å². The summed E-state index contributed by atoms with van der Waals surface area (Å²) in [4.78, 5) is 2.62. The Morgan fingerprint density at radius 3 is 2.23 bits per heavy atom. The Balaban J connectivity index is 0.000000433. The van der Waals surface area contributed by atoms with Gasteiger partial charge in [0.1, 0.15) is 0 Å². The van der Waals surface area contributed by atoms with Crippen molar-refractivity contribution in [3.8, 4) is 11.5 Å². The van der Waals surface area contributed by atoms with Crippen LogP contribution in [0, 0.1) is 0 Å². The maximum atomic E-state index is 9.33. The molecule has 0 atom stereocenters. The van der Waals surface area contributed by atoms with Crippen LogP contribution in [0.15, 0.2) is 23.3 Å². The molecule has 14 heteroatoms. The maximum absolute atomic E-state index is 9.33. The normalized spacial score (nSPS) is 8.59. The Kier molecular flexibility index (Phi) is 10.6. The number of benzene rings is 1. The van der Waals surface area contributed by atoms with Gasteiger partial charge < -0.3 is 9.84 Å². The molecule has 11 radical (unpaired) electrons. The second-order valence-corrected chi connectivity index (χ2v) is 4.32. The van der Waals surface area contributed by atoms with Gasteiger partial charge in [-0.25, -0.2) is 0 Å². The highest BCUT2D eigenvalue weighted by molar-refractivity contribution is 7.93. The van der Waals surface area contributed by atoms with Gasteiger partial charge in [-0.15, -0.1) is 0 Å². The number of azide groups is 1. The van der Waals surface area contributed by atoms with Crippen molar-refractivity contribution in [2.45, 2.75) is 6.54 Å². The highest BCUT2D eigenvalue weighted by Crippen LogP contribution is 2.26. The molecule has 1 aromatic rings. The van der Waals surface area contributed by atoms with Crippen molar-refractivity contribution >= 4 is 64.9 Å². The monoisotopic (exact) mass is 278 g/mol. The Morgan fingerprint density at radius 2 is 1.91 bits per heavy atom. The van der Waals surface area contributed by atoms with Crippen LogP contribution in [0.4, 0.5) is 0 Å². The van der Waals surface area contributed by atoms with Crippen LogP contribution in [-0.4, -0.2) is 77.1 Å². The van der Waals surface area contributed by atoms with Gasteiger partial charge in [-0.2, -0.15) is 0 Å². The molecule has 0 bridgehead atoms. The molecule has 5 nitrogen and oxygen atoms in total. The van der Waals surface area contributed by atoms with Gasteiger partial charge >= 0.3 is 0 Å². The zero-order valence-electron chi connectivity index (χ0n) is 12.3. The molecule has 1 aromatic carbocycles. The Bertz CT molecular complexity index is 490. The van der Waals surface area contributed by atoms with Crippen LogP contribution >= 0.6 is 0 Å². The van der Waals surface area contributed by atoms with Crippen molar-refractivity contribution in [2.75, 3.05) is 7.11 Å². The van der Waals surface area contributed by atoms with E-state index in [1.54, 1.807) is 12.1 Å². The summed E-state index contributed by atoms with van der Waals surface area (Å²) in [5, 5.41) is 12.7. The van der Waals surface area contributed by atoms with Crippen molar-refractivity contribution in [3.05, 3.63) is 34.2 Å². The lowest BCUT2D eigenvalue weighted by molar-refractivity contribution is 0.373. The molecule has 0 amide bonds. The molecule has 0 spiro atoms. The molecule has 0 fully saturated rings. The van der Waals surface area contributed by atoms with Crippen LogP contribution in [-0.2, 0) is 6.54 Å². The van der Waals surface area contributed by atoms with Crippen molar-refractivity contribution in [1.29, 1.82) is 0 Å². The van der Waals surface area contributed by atoms with E-state index in [1.165, 1.54) is 20.2 Å². The zero-order valence-corrected chi connectivity index (χ0v) is 12.3. The Morgan fingerprint density at radius 1 is 1.32 bits per heavy atom. The summed E-state index contributed by atoms with van der Waals surface area (Å²) in [6.45, 7) is 0.230. The van der Waals surface area contributed by atoms with Gasteiger partial charge in [-0.05, 0) is 23.2 Å². The van der Waals surface area contributed by atoms with Gasteiger partial charge in [0.2, 0.25) is 0 Å². The van der Waals surface area contributed by atoms with Gasteiger partial charge in [-0.1, -0.05) is 11.2 Å². The van der Waals surface area contributed by atoms with Crippen molar-refractivity contribution < 1.29 is 9.84 Å². The molecule has 1 N–H and O–H groups in total. The summed E-state index contributed by atoms with van der Waals surface area (Å²) < 4.78 is 4.85. The fourth-order valence-electron chi connectivity index (χ4n) is 1.46. The lowest BCUT2D eigenvalue weighted by atomic mass is 8.64. The molecule has 0 heterocycles. The van der Waals surface area contributed by atoms with Crippen LogP contribution < -0.4 is 4.74 Å². The Hall–Kier alpha value is -1.29. The average molecular weight is 276 g/mol. The van der Waals surface area contributed by atoms with E-state index in [-0.39, 0.29) is 18.7 Å². The zero-order chi connectivity index (χ0) is 17.1. The minimum absolute atomic E-state index is 0.0492. The number of hydrogen-bond acceptors (Lipinski definition) is 3. The first-order valence-corrected chi connectivity index (χ1v) is 6.31. The van der Waals surface area contributed by atoms with E-state index in [0.717, 1.165) is 5.56 Å². The molecule has 0 unspecified atom stereocenters. The maximum Gasteiger partial charge on any atom is 0.160 e. The Labute approximate surface area is 139 Å². The van der Waals surface area contributed by atoms with Crippen molar-refractivity contribution in [1.82, 2.24) is 0 Å². The number of rotatable bonds is 6. The molecular weight excluding hydrogens is 267 g/mol. The average Bonchev–Trinajstić information content (AvgIpc) is 2.45. The van der Waals surface area contributed by atoms with Crippen LogP contribution in [0.25, 0.3) is 10.4 Å². The standard InChI is InChI=1S/C8H9N3O2.B9/c1-13-8-3-2-6(4-7(8)12)5-10-11-9;1-6-9(7(2)3)8(4)5/h2-4,12H,5H2,1H3;. The molecule has 95 valence electrons. The number of aromatic hydroxyl groups is 1. The van der Waals surface area contributed by atoms with Crippen molar-refractivity contribution in [3.63, 3.8) is 0 Å². The lowest BCUT2D eigenvalue weighted by Crippen LogP contribution is -2.55. The van der Waals surface area contributed by atoms with Crippen LogP contribution in [0.2, 0.25) is 0 Å². The van der Waals surface area contributed by atoms with Gasteiger partial charge in [0.25, 0.3) is 0 Å².